The lowest BCUT2D eigenvalue weighted by Crippen LogP contribution is -2.48. The molecule has 2 aromatic carbocycles. The molecule has 0 aliphatic carbocycles. The molecular weight excluding hydrogens is 366 g/mol. The van der Waals surface area contributed by atoms with E-state index >= 15 is 0 Å². The summed E-state index contributed by atoms with van der Waals surface area (Å²) in [6, 6.07) is 15.3. The number of piperazine rings is 1. The lowest BCUT2D eigenvalue weighted by atomic mass is 10.1. The highest BCUT2D eigenvalue weighted by molar-refractivity contribution is 7.99. The second-order valence-corrected chi connectivity index (χ2v) is 7.85. The smallest absolute Gasteiger partial charge is 0.288 e. The Morgan fingerprint density at radius 3 is 2.33 bits per heavy atom. The van der Waals surface area contributed by atoms with Crippen molar-refractivity contribution in [3.63, 3.8) is 0 Å². The second kappa shape index (κ2) is 9.33. The van der Waals surface area contributed by atoms with Gasteiger partial charge in [-0.2, -0.15) is 8.78 Å². The molecule has 3 rings (SSSR count). The summed E-state index contributed by atoms with van der Waals surface area (Å²) < 4.78 is 24.8. The zero-order valence-electron chi connectivity index (χ0n) is 15.4. The molecule has 1 fully saturated rings. The Labute approximate surface area is 163 Å². The van der Waals surface area contributed by atoms with E-state index in [1.54, 1.807) is 12.1 Å². The highest BCUT2D eigenvalue weighted by Gasteiger charge is 2.21. The number of hydrogen-bond acceptors (Lipinski definition) is 3. The van der Waals surface area contributed by atoms with Crippen LogP contribution in [-0.4, -0.2) is 47.6 Å². The molecule has 0 unspecified atom stereocenters. The fourth-order valence-electron chi connectivity index (χ4n) is 3.27. The number of alkyl halides is 2. The van der Waals surface area contributed by atoms with Crippen molar-refractivity contribution in [2.75, 3.05) is 26.2 Å². The van der Waals surface area contributed by atoms with Gasteiger partial charge in [0, 0.05) is 37.6 Å². The molecule has 1 aliphatic rings. The molecule has 3 nitrogen and oxygen atoms in total. The first kappa shape index (κ1) is 19.8. The van der Waals surface area contributed by atoms with Crippen molar-refractivity contribution in [3.8, 4) is 0 Å². The number of benzene rings is 2. The SMILES string of the molecule is Cc1ccccc1CC(=O)N1CCN(Cc2ccc(SC(F)F)cc2)CC1. The molecule has 0 bridgehead atoms. The van der Waals surface area contributed by atoms with E-state index in [1.165, 1.54) is 0 Å². The maximum Gasteiger partial charge on any atom is 0.288 e. The van der Waals surface area contributed by atoms with Crippen LogP contribution in [0.15, 0.2) is 53.4 Å². The summed E-state index contributed by atoms with van der Waals surface area (Å²) in [5.74, 6) is -2.21. The van der Waals surface area contributed by atoms with Crippen LogP contribution >= 0.6 is 11.8 Å². The zero-order valence-corrected chi connectivity index (χ0v) is 16.2. The maximum atomic E-state index is 12.6. The minimum Gasteiger partial charge on any atom is -0.340 e. The molecule has 6 heteroatoms. The largest absolute Gasteiger partial charge is 0.340 e. The monoisotopic (exact) mass is 390 g/mol. The normalized spacial score (nSPS) is 15.3. The first-order chi connectivity index (χ1) is 13.0. The molecule has 1 saturated heterocycles. The minimum atomic E-state index is -2.39. The van der Waals surface area contributed by atoms with E-state index in [2.05, 4.69) is 4.90 Å². The van der Waals surface area contributed by atoms with Crippen LogP contribution in [0.1, 0.15) is 16.7 Å². The Bertz CT molecular complexity index is 759. The summed E-state index contributed by atoms with van der Waals surface area (Å²) in [6.07, 6.45) is 0.454. The van der Waals surface area contributed by atoms with E-state index in [1.807, 2.05) is 48.2 Å². The molecule has 0 N–H and O–H groups in total. The number of thioether (sulfide) groups is 1. The molecule has 144 valence electrons. The maximum absolute atomic E-state index is 12.6. The number of amides is 1. The predicted molar refractivity (Wildman–Crippen MR) is 105 cm³/mol. The van der Waals surface area contributed by atoms with Crippen LogP contribution in [0.3, 0.4) is 0 Å². The third-order valence-corrected chi connectivity index (χ3v) is 5.61. The molecular formula is C21H24F2N2OS. The van der Waals surface area contributed by atoms with Crippen LogP contribution in [0.4, 0.5) is 8.78 Å². The number of carbonyl (C=O) groups is 1. The molecule has 1 aliphatic heterocycles. The van der Waals surface area contributed by atoms with Gasteiger partial charge < -0.3 is 4.90 Å². The van der Waals surface area contributed by atoms with Gasteiger partial charge in [0.1, 0.15) is 0 Å². The Hall–Kier alpha value is -1.92. The molecule has 2 aromatic rings. The molecule has 0 spiro atoms. The van der Waals surface area contributed by atoms with Crippen LogP contribution in [0.25, 0.3) is 0 Å². The summed E-state index contributed by atoms with van der Waals surface area (Å²) in [5.41, 5.74) is 3.35. The predicted octanol–water partition coefficient (Wildman–Crippen LogP) is 4.20. The van der Waals surface area contributed by atoms with Crippen LogP contribution in [0.5, 0.6) is 0 Å². The second-order valence-electron chi connectivity index (χ2n) is 6.78. The lowest BCUT2D eigenvalue weighted by molar-refractivity contribution is -0.132. The van der Waals surface area contributed by atoms with Gasteiger partial charge >= 0.3 is 0 Å². The first-order valence-electron chi connectivity index (χ1n) is 9.09. The Kier molecular flexibility index (Phi) is 6.85. The number of aryl methyl sites for hydroxylation is 1. The molecule has 27 heavy (non-hydrogen) atoms. The van der Waals surface area contributed by atoms with Crippen molar-refractivity contribution in [3.05, 3.63) is 65.2 Å². The zero-order chi connectivity index (χ0) is 19.2. The molecule has 0 saturated carbocycles. The van der Waals surface area contributed by atoms with Gasteiger partial charge in [-0.1, -0.05) is 48.2 Å². The van der Waals surface area contributed by atoms with Crippen molar-refractivity contribution in [2.24, 2.45) is 0 Å². The highest BCUT2D eigenvalue weighted by Crippen LogP contribution is 2.25. The highest BCUT2D eigenvalue weighted by atomic mass is 32.2. The van der Waals surface area contributed by atoms with E-state index in [4.69, 9.17) is 0 Å². The Morgan fingerprint density at radius 1 is 1.04 bits per heavy atom. The van der Waals surface area contributed by atoms with Gasteiger partial charge in [0.2, 0.25) is 5.91 Å². The number of hydrogen-bond donors (Lipinski definition) is 0. The average Bonchev–Trinajstić information content (AvgIpc) is 2.65. The van der Waals surface area contributed by atoms with Crippen LogP contribution in [0.2, 0.25) is 0 Å². The first-order valence-corrected chi connectivity index (χ1v) is 9.97. The quantitative estimate of drug-likeness (QED) is 0.691. The summed E-state index contributed by atoms with van der Waals surface area (Å²) in [4.78, 5) is 17.4. The van der Waals surface area contributed by atoms with Crippen molar-refractivity contribution in [1.29, 1.82) is 0 Å². The van der Waals surface area contributed by atoms with Gasteiger partial charge in [-0.15, -0.1) is 0 Å². The number of halogens is 2. The van der Waals surface area contributed by atoms with E-state index in [0.717, 1.165) is 49.4 Å². The van der Waals surface area contributed by atoms with Crippen LogP contribution < -0.4 is 0 Å². The van der Waals surface area contributed by atoms with E-state index in [0.29, 0.717) is 23.1 Å². The summed E-state index contributed by atoms with van der Waals surface area (Å²) in [6.45, 7) is 5.92. The standard InChI is InChI=1S/C21H24F2N2OS/c1-16-4-2-3-5-18(16)14-20(26)25-12-10-24(11-13-25)15-17-6-8-19(9-7-17)27-21(22)23/h2-9,21H,10-15H2,1H3. The van der Waals surface area contributed by atoms with Crippen molar-refractivity contribution < 1.29 is 13.6 Å². The number of carbonyl (C=O) groups excluding carboxylic acids is 1. The summed E-state index contributed by atoms with van der Waals surface area (Å²) in [7, 11) is 0. The number of nitrogens with zero attached hydrogens (tertiary/aromatic N) is 2. The third-order valence-electron chi connectivity index (χ3n) is 4.88. The summed E-state index contributed by atoms with van der Waals surface area (Å²) >= 11 is 0.567. The topological polar surface area (TPSA) is 23.6 Å². The van der Waals surface area contributed by atoms with E-state index < -0.39 is 5.76 Å². The number of rotatable bonds is 6. The van der Waals surface area contributed by atoms with Crippen molar-refractivity contribution in [2.45, 2.75) is 30.5 Å². The van der Waals surface area contributed by atoms with Crippen molar-refractivity contribution in [1.82, 2.24) is 9.80 Å². The lowest BCUT2D eigenvalue weighted by Gasteiger charge is -2.35. The minimum absolute atomic E-state index is 0.178. The van der Waals surface area contributed by atoms with E-state index in [-0.39, 0.29) is 5.91 Å². The van der Waals surface area contributed by atoms with Gasteiger partial charge in [-0.3, -0.25) is 9.69 Å². The van der Waals surface area contributed by atoms with Crippen LogP contribution in [-0.2, 0) is 17.8 Å². The molecule has 0 atom stereocenters. The fourth-order valence-corrected chi connectivity index (χ4v) is 3.77. The fraction of sp³-hybridized carbons (Fsp3) is 0.381. The Morgan fingerprint density at radius 2 is 1.70 bits per heavy atom. The van der Waals surface area contributed by atoms with Crippen LogP contribution in [0, 0.1) is 6.92 Å². The Balaban J connectivity index is 1.47. The summed E-state index contributed by atoms with van der Waals surface area (Å²) in [5, 5.41) is 0. The molecule has 0 aromatic heterocycles. The molecule has 0 radical (unpaired) electrons. The van der Waals surface area contributed by atoms with Gasteiger partial charge in [0.25, 0.3) is 5.76 Å². The van der Waals surface area contributed by atoms with Gasteiger partial charge in [-0.05, 0) is 35.7 Å². The van der Waals surface area contributed by atoms with Gasteiger partial charge in [0.05, 0.1) is 6.42 Å². The van der Waals surface area contributed by atoms with E-state index in [9.17, 15) is 13.6 Å². The van der Waals surface area contributed by atoms with Gasteiger partial charge in [0.15, 0.2) is 0 Å². The molecule has 1 amide bonds. The molecule has 1 heterocycles. The third kappa shape index (κ3) is 5.78. The average molecular weight is 390 g/mol. The van der Waals surface area contributed by atoms with Crippen molar-refractivity contribution >= 4 is 17.7 Å². The van der Waals surface area contributed by atoms with Gasteiger partial charge in [-0.25, -0.2) is 0 Å².